The molecule has 0 radical (unpaired) electrons. The minimum atomic E-state index is -4.91. The largest absolute Gasteiger partial charge is 0.505 e. The number of phosphoric ester groups is 1. The first-order chi connectivity index (χ1) is 34.6. The average Bonchev–Trinajstić information content (AvgIpc) is 3.64. The SMILES string of the molecule is COc1cc(Nc2ncc(F)c(Nc3ccc4c(n3)N(COP(=O)(O)O)C(=O)C(C)(C)O4)n2)cc(OC)c1OC.Cc1ccc(-n2[nH]c(C)c(N=Nc3cccc(-c4cccc(C(=O)O)c4)c3O)c2=O)cc1C. The third kappa shape index (κ3) is 11.7. The van der Waals surface area contributed by atoms with Gasteiger partial charge in [0.05, 0.1) is 44.5 Å². The van der Waals surface area contributed by atoms with Gasteiger partial charge < -0.3 is 49.6 Å². The number of carboxylic acids is 1. The van der Waals surface area contributed by atoms with Crippen LogP contribution in [0.25, 0.3) is 16.8 Å². The molecule has 73 heavy (non-hydrogen) atoms. The van der Waals surface area contributed by atoms with Gasteiger partial charge in [-0.25, -0.2) is 28.4 Å². The normalized spacial score (nSPS) is 12.9. The van der Waals surface area contributed by atoms with Gasteiger partial charge in [-0.3, -0.25) is 24.1 Å². The van der Waals surface area contributed by atoms with E-state index in [0.29, 0.717) is 45.4 Å². The number of aromatic nitrogens is 5. The van der Waals surface area contributed by atoms with E-state index in [2.05, 4.69) is 45.4 Å². The summed E-state index contributed by atoms with van der Waals surface area (Å²) in [4.78, 5) is 68.6. The molecule has 0 unspecified atom stereocenters. The Balaban J connectivity index is 0.000000218. The van der Waals surface area contributed by atoms with Crippen LogP contribution in [0.3, 0.4) is 0 Å². The van der Waals surface area contributed by atoms with E-state index in [-0.39, 0.29) is 57.4 Å². The number of phenols is 1. The number of carbonyl (C=O) groups excluding carboxylic acids is 1. The summed E-state index contributed by atoms with van der Waals surface area (Å²) in [7, 11) is -0.521. The number of nitrogens with zero attached hydrogens (tertiary/aromatic N) is 7. The van der Waals surface area contributed by atoms with E-state index < -0.39 is 37.8 Å². The van der Waals surface area contributed by atoms with E-state index >= 15 is 0 Å². The monoisotopic (exact) mass is 1020 g/mol. The Hall–Kier alpha value is -8.70. The number of ether oxygens (including phenoxy) is 4. The van der Waals surface area contributed by atoms with Gasteiger partial charge in [0.1, 0.15) is 18.2 Å². The van der Waals surface area contributed by atoms with Crippen molar-refractivity contribution in [2.75, 3.05) is 43.6 Å². The number of para-hydroxylation sites is 1. The molecule has 8 rings (SSSR count). The van der Waals surface area contributed by atoms with Gasteiger partial charge in [-0.05, 0) is 93.8 Å². The number of fused-ring (bicyclic) bond motifs is 1. The number of methoxy groups -OCH3 is 3. The van der Waals surface area contributed by atoms with Crippen LogP contribution in [-0.4, -0.2) is 90.3 Å². The summed E-state index contributed by atoms with van der Waals surface area (Å²) in [6, 6.07) is 23.0. The second kappa shape index (κ2) is 21.3. The van der Waals surface area contributed by atoms with E-state index in [0.717, 1.165) is 22.2 Å². The number of azo groups is 1. The Kier molecular flexibility index (Phi) is 15.2. The number of aryl methyl sites for hydroxylation is 3. The number of hydrogen-bond acceptors (Lipinski definition) is 17. The molecule has 3 aromatic heterocycles. The molecule has 1 amide bonds. The summed E-state index contributed by atoms with van der Waals surface area (Å²) < 4.78 is 53.5. The van der Waals surface area contributed by atoms with Gasteiger partial charge in [-0.2, -0.15) is 4.98 Å². The van der Waals surface area contributed by atoms with Gasteiger partial charge >= 0.3 is 13.8 Å². The number of phenolic OH excluding ortho intramolecular Hbond substituents is 1. The summed E-state index contributed by atoms with van der Waals surface area (Å²) in [6.07, 6.45) is 0.934. The summed E-state index contributed by atoms with van der Waals surface area (Å²) in [6.45, 7) is 7.86. The summed E-state index contributed by atoms with van der Waals surface area (Å²) in [5, 5.41) is 36.8. The smallest absolute Gasteiger partial charge is 0.471 e. The first-order valence-corrected chi connectivity index (χ1v) is 23.2. The zero-order valence-corrected chi connectivity index (χ0v) is 41.2. The van der Waals surface area contributed by atoms with Crippen LogP contribution in [0.1, 0.15) is 41.0 Å². The van der Waals surface area contributed by atoms with Crippen LogP contribution < -0.4 is 40.0 Å². The zero-order chi connectivity index (χ0) is 52.9. The fourth-order valence-corrected chi connectivity index (χ4v) is 7.43. The summed E-state index contributed by atoms with van der Waals surface area (Å²) in [5.74, 6) is -1.77. The van der Waals surface area contributed by atoms with E-state index in [1.165, 1.54) is 64.1 Å². The number of halogens is 1. The first kappa shape index (κ1) is 52.1. The molecule has 0 bridgehead atoms. The maximum Gasteiger partial charge on any atom is 0.471 e. The molecule has 4 aromatic carbocycles. The van der Waals surface area contributed by atoms with Crippen molar-refractivity contribution < 1.29 is 62.0 Å². The number of aromatic carboxylic acids is 1. The molecule has 0 aliphatic carbocycles. The zero-order valence-electron chi connectivity index (χ0n) is 40.3. The number of aromatic hydroxyl groups is 1. The number of hydrogen-bond donors (Lipinski definition) is 7. The lowest BCUT2D eigenvalue weighted by Crippen LogP contribution is -2.53. The third-order valence-electron chi connectivity index (χ3n) is 11.0. The van der Waals surface area contributed by atoms with Crippen molar-refractivity contribution in [1.82, 2.24) is 24.7 Å². The van der Waals surface area contributed by atoms with Gasteiger partial charge in [0.25, 0.3) is 11.5 Å². The Morgan fingerprint density at radius 1 is 0.890 bits per heavy atom. The lowest BCUT2D eigenvalue weighted by atomic mass is 10.0. The highest BCUT2D eigenvalue weighted by Crippen LogP contribution is 2.43. The standard InChI is InChI=1S/C25H22N4O4.C23H26FN6O9P/c1-14-10-11-19(12-15(14)2)29-24(31)22(16(3)28-29)27-26-21-9-5-8-20(23(21)30)17-6-4-7-18(13-17)25(32)33;1-23(2)21(31)30(11-38-40(32,33)34)20-14(39-23)6-7-17(28-20)27-19-13(24)10-25-22(29-19)26-12-8-15(35-3)18(37-5)16(9-12)36-4/h4-13,28,30H,1-3H3,(H,32,33);6-10H,11H2,1-5H3,(H2,32,33,34)(H2,25,26,27,28,29). The van der Waals surface area contributed by atoms with Gasteiger partial charge in [-0.15, -0.1) is 10.2 Å². The summed E-state index contributed by atoms with van der Waals surface area (Å²) >= 11 is 0. The van der Waals surface area contributed by atoms with E-state index in [4.69, 9.17) is 28.7 Å². The van der Waals surface area contributed by atoms with Crippen molar-refractivity contribution >= 4 is 60.2 Å². The van der Waals surface area contributed by atoms with Crippen LogP contribution in [0.5, 0.6) is 28.7 Å². The second-order valence-electron chi connectivity index (χ2n) is 16.4. The average molecular weight is 1020 g/mol. The number of carbonyl (C=O) groups is 2. The number of aromatic amines is 1. The van der Waals surface area contributed by atoms with Gasteiger partial charge in [-0.1, -0.05) is 30.3 Å². The van der Waals surface area contributed by atoms with E-state index in [1.54, 1.807) is 49.4 Å². The first-order valence-electron chi connectivity index (χ1n) is 21.7. The van der Waals surface area contributed by atoms with E-state index in [9.17, 15) is 33.6 Å². The van der Waals surface area contributed by atoms with Crippen LogP contribution in [-0.2, 0) is 13.9 Å². The molecule has 7 aromatic rings. The van der Waals surface area contributed by atoms with E-state index in [1.807, 2.05) is 32.0 Å². The lowest BCUT2D eigenvalue weighted by Gasteiger charge is -2.37. The van der Waals surface area contributed by atoms with Crippen LogP contribution in [0.2, 0.25) is 0 Å². The molecule has 1 aliphatic heterocycles. The third-order valence-corrected chi connectivity index (χ3v) is 11.4. The van der Waals surface area contributed by atoms with Gasteiger partial charge in [0, 0.05) is 23.4 Å². The Labute approximate surface area is 415 Å². The fraction of sp³-hybridized carbons (Fsp3) is 0.208. The molecule has 25 heteroatoms. The Morgan fingerprint density at radius 2 is 1.60 bits per heavy atom. The maximum atomic E-state index is 14.7. The van der Waals surface area contributed by atoms with Crippen molar-refractivity contribution in [2.45, 2.75) is 40.2 Å². The number of H-pyrrole nitrogens is 1. The molecule has 7 N–H and O–H groups in total. The van der Waals surface area contributed by atoms with Crippen molar-refractivity contribution in [2.24, 2.45) is 10.2 Å². The number of pyridine rings is 1. The van der Waals surface area contributed by atoms with Crippen molar-refractivity contribution in [3.8, 4) is 45.6 Å². The molecule has 0 atom stereocenters. The predicted octanol–water partition coefficient (Wildman–Crippen LogP) is 8.67. The van der Waals surface area contributed by atoms with Crippen molar-refractivity contribution in [3.63, 3.8) is 0 Å². The highest BCUT2D eigenvalue weighted by molar-refractivity contribution is 7.46. The molecule has 0 spiro atoms. The molecule has 0 fully saturated rings. The number of benzene rings is 4. The molecule has 4 heterocycles. The number of phosphoric acid groups is 1. The van der Waals surface area contributed by atoms with Crippen LogP contribution in [0.4, 0.5) is 44.9 Å². The molecule has 23 nitrogen and oxygen atoms in total. The molecule has 0 saturated carbocycles. The van der Waals surface area contributed by atoms with Gasteiger partial charge in [0.15, 0.2) is 51.7 Å². The van der Waals surface area contributed by atoms with Crippen molar-refractivity contribution in [1.29, 1.82) is 0 Å². The number of amides is 1. The Morgan fingerprint density at radius 3 is 2.26 bits per heavy atom. The number of anilines is 5. The predicted molar refractivity (Wildman–Crippen MR) is 264 cm³/mol. The number of carboxylic acid groups (broad SMARTS) is 1. The number of rotatable bonds is 15. The topological polar surface area (TPSA) is 307 Å². The minimum absolute atomic E-state index is 0.00747. The van der Waals surface area contributed by atoms with Crippen LogP contribution >= 0.6 is 7.82 Å². The Bertz CT molecular complexity index is 3370. The molecule has 1 aliphatic rings. The van der Waals surface area contributed by atoms with Crippen LogP contribution in [0, 0.1) is 26.6 Å². The van der Waals surface area contributed by atoms with Crippen LogP contribution in [0.15, 0.2) is 106 Å². The summed E-state index contributed by atoms with van der Waals surface area (Å²) in [5.41, 5.74) is 3.47. The minimum Gasteiger partial charge on any atom is -0.505 e. The molecule has 380 valence electrons. The molecular weight excluding hydrogens is 975 g/mol. The second-order valence-corrected chi connectivity index (χ2v) is 17.7. The van der Waals surface area contributed by atoms with Crippen molar-refractivity contribution in [3.05, 3.63) is 130 Å². The lowest BCUT2D eigenvalue weighted by molar-refractivity contribution is -0.133. The highest BCUT2D eigenvalue weighted by Gasteiger charge is 2.43. The fourth-order valence-electron chi connectivity index (χ4n) is 7.16. The number of nitrogens with one attached hydrogen (secondary N) is 3. The molecule has 0 saturated heterocycles. The quantitative estimate of drug-likeness (QED) is 0.0373. The van der Waals surface area contributed by atoms with Gasteiger partial charge in [0.2, 0.25) is 11.7 Å². The maximum absolute atomic E-state index is 14.7. The highest BCUT2D eigenvalue weighted by atomic mass is 31.2. The molecular formula is C48H48FN10O13P.